The van der Waals surface area contributed by atoms with E-state index in [1.807, 2.05) is 27.7 Å². The molecule has 5 atom stereocenters. The first kappa shape index (κ1) is 55.0. The summed E-state index contributed by atoms with van der Waals surface area (Å²) in [5.41, 5.74) is 0. The third-order valence-electron chi connectivity index (χ3n) is 14.7. The molecule has 0 heterocycles. The van der Waals surface area contributed by atoms with Crippen molar-refractivity contribution in [3.05, 3.63) is 12.8 Å². The maximum absolute atomic E-state index is 13.0. The second-order valence-electron chi connectivity index (χ2n) is 19.2. The number of hydrogen-bond acceptors (Lipinski definition) is 3. The Kier molecular flexibility index (Phi) is 35.8. The Morgan fingerprint density at radius 2 is 0.948 bits per heavy atom. The molecule has 0 N–H and O–H groups in total. The molecule has 344 valence electrons. The van der Waals surface area contributed by atoms with Crippen molar-refractivity contribution in [2.24, 2.45) is 41.4 Å². The van der Waals surface area contributed by atoms with Gasteiger partial charge in [-0.05, 0) is 125 Å². The summed E-state index contributed by atoms with van der Waals surface area (Å²) in [6, 6.07) is 0. The molecular formula is C55H106O3. The Hall–Kier alpha value is -0.990. The third-order valence-corrected chi connectivity index (χ3v) is 14.7. The number of unbranched alkanes of at least 4 members (excludes halogenated alkanes) is 9. The highest BCUT2D eigenvalue weighted by atomic mass is 16.5. The van der Waals surface area contributed by atoms with E-state index in [1.165, 1.54) is 199 Å². The number of ether oxygens (including phenoxy) is 2. The van der Waals surface area contributed by atoms with Crippen LogP contribution in [-0.2, 0) is 14.3 Å². The van der Waals surface area contributed by atoms with Crippen LogP contribution in [0.25, 0.3) is 0 Å². The maximum Gasteiger partial charge on any atom is 0.306 e. The summed E-state index contributed by atoms with van der Waals surface area (Å²) in [5, 5.41) is 0. The van der Waals surface area contributed by atoms with Gasteiger partial charge in [0, 0.05) is 6.42 Å². The molecule has 4 fully saturated rings. The van der Waals surface area contributed by atoms with Gasteiger partial charge in [0.15, 0.2) is 0 Å². The summed E-state index contributed by atoms with van der Waals surface area (Å²) in [7, 11) is 0. The van der Waals surface area contributed by atoms with Crippen LogP contribution in [0.2, 0.25) is 0 Å². The number of carbonyl (C=O) groups is 1. The highest BCUT2D eigenvalue weighted by Gasteiger charge is 2.37. The van der Waals surface area contributed by atoms with Gasteiger partial charge in [-0.1, -0.05) is 197 Å². The molecule has 3 heteroatoms. The first-order chi connectivity index (χ1) is 28.5. The predicted molar refractivity (Wildman–Crippen MR) is 256 cm³/mol. The van der Waals surface area contributed by atoms with Gasteiger partial charge in [0.05, 0.1) is 12.4 Å². The zero-order chi connectivity index (χ0) is 42.6. The molecule has 4 saturated carbocycles. The van der Waals surface area contributed by atoms with E-state index in [9.17, 15) is 4.79 Å². The Morgan fingerprint density at radius 3 is 1.34 bits per heavy atom. The van der Waals surface area contributed by atoms with Gasteiger partial charge < -0.3 is 9.47 Å². The predicted octanol–water partition coefficient (Wildman–Crippen LogP) is 18.6. The van der Waals surface area contributed by atoms with E-state index in [0.29, 0.717) is 18.4 Å². The van der Waals surface area contributed by atoms with Crippen LogP contribution in [0.1, 0.15) is 280 Å². The number of esters is 1. The van der Waals surface area contributed by atoms with Gasteiger partial charge in [-0.2, -0.15) is 0 Å². The molecule has 5 unspecified atom stereocenters. The zero-order valence-corrected chi connectivity index (χ0v) is 41.0. The molecule has 0 saturated heterocycles. The molecule has 4 aliphatic rings. The first-order valence-corrected chi connectivity index (χ1v) is 26.9. The molecular weight excluding hydrogens is 709 g/mol. The van der Waals surface area contributed by atoms with Crippen LogP contribution in [0.4, 0.5) is 0 Å². The molecule has 0 radical (unpaired) electrons. The van der Waals surface area contributed by atoms with Crippen LogP contribution in [0.15, 0.2) is 12.8 Å². The standard InChI is InChI=1S/C34H60O2.C17H34O.2C2H6/c1-3-5-11-26(10-4-2)18-21-34(35)36-33(19-16-27-22-29-12-6-7-13-30(29)23-27)20-17-28-24-31-14-8-9-15-32(31)25-28;1-4-7-9-11-13-15-17(18-6-3)16-14-12-10-8-5-2;2*1-2/h26-33H,3-25H2,1-2H3;6,17H,3-5,7-16H2,1-2H3;2*1-2H3. The molecule has 0 bridgehead atoms. The quantitative estimate of drug-likeness (QED) is 0.0429. The first-order valence-electron chi connectivity index (χ1n) is 26.9. The summed E-state index contributed by atoms with van der Waals surface area (Å²) in [6.07, 6.45) is 48.8. The fourth-order valence-electron chi connectivity index (χ4n) is 11.6. The van der Waals surface area contributed by atoms with E-state index in [1.54, 1.807) is 6.26 Å². The molecule has 58 heavy (non-hydrogen) atoms. The lowest BCUT2D eigenvalue weighted by atomic mass is 9.82. The van der Waals surface area contributed by atoms with Crippen molar-refractivity contribution in [2.75, 3.05) is 0 Å². The van der Waals surface area contributed by atoms with Gasteiger partial charge in [0.1, 0.15) is 6.10 Å². The molecule has 4 rings (SSSR count). The van der Waals surface area contributed by atoms with Crippen molar-refractivity contribution in [3.63, 3.8) is 0 Å². The molecule has 0 aliphatic heterocycles. The lowest BCUT2D eigenvalue weighted by Crippen LogP contribution is -2.21. The van der Waals surface area contributed by atoms with Crippen LogP contribution >= 0.6 is 0 Å². The molecule has 4 aliphatic carbocycles. The monoisotopic (exact) mass is 815 g/mol. The van der Waals surface area contributed by atoms with Crippen molar-refractivity contribution < 1.29 is 14.3 Å². The fourth-order valence-corrected chi connectivity index (χ4v) is 11.6. The Morgan fingerprint density at radius 1 is 0.517 bits per heavy atom. The van der Waals surface area contributed by atoms with Gasteiger partial charge in [0.2, 0.25) is 0 Å². The van der Waals surface area contributed by atoms with E-state index in [-0.39, 0.29) is 12.1 Å². The molecule has 3 nitrogen and oxygen atoms in total. The summed E-state index contributed by atoms with van der Waals surface area (Å²) in [4.78, 5) is 13.0. The van der Waals surface area contributed by atoms with Crippen molar-refractivity contribution in [1.82, 2.24) is 0 Å². The smallest absolute Gasteiger partial charge is 0.306 e. The highest BCUT2D eigenvalue weighted by Crippen LogP contribution is 2.48. The number of hydrogen-bond donors (Lipinski definition) is 0. The van der Waals surface area contributed by atoms with Gasteiger partial charge in [-0.3, -0.25) is 4.79 Å². The summed E-state index contributed by atoms with van der Waals surface area (Å²) in [6.45, 7) is 20.8. The summed E-state index contributed by atoms with van der Waals surface area (Å²) >= 11 is 0. The van der Waals surface area contributed by atoms with Crippen molar-refractivity contribution in [2.45, 2.75) is 292 Å². The van der Waals surface area contributed by atoms with Crippen LogP contribution in [0, 0.1) is 41.4 Å². The van der Waals surface area contributed by atoms with E-state index >= 15 is 0 Å². The Bertz CT molecular complexity index is 837. The van der Waals surface area contributed by atoms with Crippen LogP contribution in [0.5, 0.6) is 0 Å². The van der Waals surface area contributed by atoms with E-state index in [4.69, 9.17) is 9.47 Å². The van der Waals surface area contributed by atoms with Gasteiger partial charge >= 0.3 is 5.97 Å². The summed E-state index contributed by atoms with van der Waals surface area (Å²) < 4.78 is 11.9. The number of carbonyl (C=O) groups excluding carboxylic acids is 1. The molecule has 0 spiro atoms. The lowest BCUT2D eigenvalue weighted by molar-refractivity contribution is -0.150. The third kappa shape index (κ3) is 25.1. The van der Waals surface area contributed by atoms with E-state index < -0.39 is 0 Å². The average molecular weight is 815 g/mol. The van der Waals surface area contributed by atoms with Crippen LogP contribution in [0.3, 0.4) is 0 Å². The second-order valence-corrected chi connectivity index (χ2v) is 19.2. The topological polar surface area (TPSA) is 35.5 Å². The maximum atomic E-state index is 13.0. The van der Waals surface area contributed by atoms with Crippen LogP contribution < -0.4 is 0 Å². The molecule has 0 aromatic carbocycles. The molecule has 0 amide bonds. The van der Waals surface area contributed by atoms with Crippen molar-refractivity contribution in [1.29, 1.82) is 0 Å². The summed E-state index contributed by atoms with van der Waals surface area (Å²) in [5.74, 6) is 6.70. The minimum absolute atomic E-state index is 0.109. The van der Waals surface area contributed by atoms with Gasteiger partial charge in [0.25, 0.3) is 0 Å². The van der Waals surface area contributed by atoms with Gasteiger partial charge in [-0.15, -0.1) is 0 Å². The molecule has 0 aromatic rings. The van der Waals surface area contributed by atoms with Crippen molar-refractivity contribution in [3.8, 4) is 0 Å². The number of fused-ring (bicyclic) bond motifs is 2. The van der Waals surface area contributed by atoms with Crippen LogP contribution in [-0.4, -0.2) is 18.2 Å². The highest BCUT2D eigenvalue weighted by molar-refractivity contribution is 5.69. The number of rotatable bonds is 29. The molecule has 0 aromatic heterocycles. The fraction of sp³-hybridized carbons (Fsp3) is 0.945. The SMILES string of the molecule is C=COC(CCCCCCC)CCCCCCC.CC.CC.CCCCC(CCC)CCC(=O)OC(CCC1CC2CCCCC2C1)CCC1CC2CCCCC2C1. The average Bonchev–Trinajstić information content (AvgIpc) is 3.88. The van der Waals surface area contributed by atoms with Crippen molar-refractivity contribution >= 4 is 5.97 Å². The van der Waals surface area contributed by atoms with Gasteiger partial charge in [-0.25, -0.2) is 0 Å². The minimum Gasteiger partial charge on any atom is -0.499 e. The lowest BCUT2D eigenvalue weighted by Gasteiger charge is -2.24. The Labute approximate surface area is 365 Å². The minimum atomic E-state index is 0.109. The largest absolute Gasteiger partial charge is 0.499 e. The second kappa shape index (κ2) is 37.7. The Balaban J connectivity index is 0.000000648. The van der Waals surface area contributed by atoms with E-state index in [2.05, 4.69) is 34.3 Å². The van der Waals surface area contributed by atoms with E-state index in [0.717, 1.165) is 54.8 Å². The zero-order valence-electron chi connectivity index (χ0n) is 41.0. The normalized spacial score (nSPS) is 24.4.